The highest BCUT2D eigenvalue weighted by Gasteiger charge is 1.95. The first-order valence-corrected chi connectivity index (χ1v) is 7.90. The minimum absolute atomic E-state index is 0.886. The van der Waals surface area contributed by atoms with E-state index in [-0.39, 0.29) is 0 Å². The van der Waals surface area contributed by atoms with Gasteiger partial charge in [0.05, 0.1) is 0 Å². The van der Waals surface area contributed by atoms with Crippen molar-refractivity contribution in [3.8, 4) is 0 Å². The standard InChI is InChI=1S/C8H18.C7H16.C2H6/c1-7(2)5-6-8(3)4;1-4-5-6-7(2)3;1-2/h7-8H,5-6H2,1-4H3;7H,4-6H2,1-3H3;1-2H3. The maximum atomic E-state index is 2.28. The van der Waals surface area contributed by atoms with Crippen LogP contribution in [0.1, 0.15) is 94.4 Å². The van der Waals surface area contributed by atoms with Gasteiger partial charge in [0.1, 0.15) is 0 Å². The molecular weight excluding hydrogens is 204 g/mol. The molecule has 17 heavy (non-hydrogen) atoms. The van der Waals surface area contributed by atoms with E-state index in [1.807, 2.05) is 13.8 Å². The highest BCUT2D eigenvalue weighted by atomic mass is 14.0. The molecule has 0 aromatic rings. The molecule has 0 heteroatoms. The van der Waals surface area contributed by atoms with Crippen LogP contribution in [-0.2, 0) is 0 Å². The van der Waals surface area contributed by atoms with E-state index in [1.54, 1.807) is 0 Å². The van der Waals surface area contributed by atoms with Gasteiger partial charge in [-0.05, 0) is 17.8 Å². The number of rotatable bonds is 6. The smallest absolute Gasteiger partial charge is 0.0471 e. The Morgan fingerprint density at radius 1 is 0.588 bits per heavy atom. The van der Waals surface area contributed by atoms with Gasteiger partial charge in [0.2, 0.25) is 0 Å². The zero-order valence-electron chi connectivity index (χ0n) is 14.3. The van der Waals surface area contributed by atoms with Gasteiger partial charge in [-0.3, -0.25) is 0 Å². The molecule has 0 aliphatic carbocycles. The lowest BCUT2D eigenvalue weighted by atomic mass is 10.0. The van der Waals surface area contributed by atoms with E-state index in [0.717, 1.165) is 17.8 Å². The molecule has 0 amide bonds. The summed E-state index contributed by atoms with van der Waals surface area (Å²) < 4.78 is 0. The molecule has 0 unspecified atom stereocenters. The van der Waals surface area contributed by atoms with Gasteiger partial charge in [-0.15, -0.1) is 0 Å². The van der Waals surface area contributed by atoms with Crippen molar-refractivity contribution in [3.63, 3.8) is 0 Å². The highest BCUT2D eigenvalue weighted by molar-refractivity contribution is 4.48. The van der Waals surface area contributed by atoms with Crippen LogP contribution in [0.25, 0.3) is 0 Å². The van der Waals surface area contributed by atoms with Crippen molar-refractivity contribution in [2.24, 2.45) is 17.8 Å². The van der Waals surface area contributed by atoms with E-state index in [9.17, 15) is 0 Å². The van der Waals surface area contributed by atoms with Crippen molar-refractivity contribution in [1.29, 1.82) is 0 Å². The van der Waals surface area contributed by atoms with Gasteiger partial charge >= 0.3 is 0 Å². The second kappa shape index (κ2) is 18.4. The van der Waals surface area contributed by atoms with Gasteiger partial charge < -0.3 is 0 Å². The lowest BCUT2D eigenvalue weighted by Crippen LogP contribution is -1.91. The van der Waals surface area contributed by atoms with E-state index >= 15 is 0 Å². The Bertz CT molecular complexity index is 92.6. The molecule has 0 aromatic carbocycles. The molecule has 0 rings (SSSR count). The second-order valence-corrected chi connectivity index (χ2v) is 5.90. The third-order valence-electron chi connectivity index (χ3n) is 2.46. The highest BCUT2D eigenvalue weighted by Crippen LogP contribution is 2.09. The van der Waals surface area contributed by atoms with Crippen molar-refractivity contribution in [2.75, 3.05) is 0 Å². The van der Waals surface area contributed by atoms with Crippen LogP contribution < -0.4 is 0 Å². The average molecular weight is 245 g/mol. The molecule has 0 aliphatic rings. The molecular formula is C17H40. The molecule has 0 saturated heterocycles. The van der Waals surface area contributed by atoms with Crippen LogP contribution in [0.2, 0.25) is 0 Å². The van der Waals surface area contributed by atoms with Crippen molar-refractivity contribution in [3.05, 3.63) is 0 Å². The van der Waals surface area contributed by atoms with E-state index < -0.39 is 0 Å². The summed E-state index contributed by atoms with van der Waals surface area (Å²) in [6, 6.07) is 0. The minimum atomic E-state index is 0.886. The first-order valence-electron chi connectivity index (χ1n) is 7.90. The SMILES string of the molecule is CC.CC(C)CCC(C)C.CCCCC(C)C. The molecule has 0 heterocycles. The molecule has 108 valence electrons. The van der Waals surface area contributed by atoms with Gasteiger partial charge in [-0.2, -0.15) is 0 Å². The summed E-state index contributed by atoms with van der Waals surface area (Å²) in [6.45, 7) is 19.9. The summed E-state index contributed by atoms with van der Waals surface area (Å²) in [7, 11) is 0. The maximum absolute atomic E-state index is 2.28. The third-order valence-corrected chi connectivity index (χ3v) is 2.46. The minimum Gasteiger partial charge on any atom is -0.0683 e. The zero-order valence-corrected chi connectivity index (χ0v) is 14.3. The molecule has 0 aliphatic heterocycles. The quantitative estimate of drug-likeness (QED) is 0.475. The van der Waals surface area contributed by atoms with Crippen molar-refractivity contribution < 1.29 is 0 Å². The van der Waals surface area contributed by atoms with Crippen molar-refractivity contribution in [2.45, 2.75) is 94.4 Å². The Morgan fingerprint density at radius 2 is 0.882 bits per heavy atom. The van der Waals surface area contributed by atoms with Crippen molar-refractivity contribution in [1.82, 2.24) is 0 Å². The molecule has 0 atom stereocenters. The lowest BCUT2D eigenvalue weighted by Gasteiger charge is -2.05. The van der Waals surface area contributed by atoms with Gasteiger partial charge in [0.15, 0.2) is 0 Å². The molecule has 0 fully saturated rings. The molecule has 0 bridgehead atoms. The summed E-state index contributed by atoms with van der Waals surface area (Å²) in [5.74, 6) is 2.68. The summed E-state index contributed by atoms with van der Waals surface area (Å²) in [5.41, 5.74) is 0. The topological polar surface area (TPSA) is 0 Å². The molecule has 0 nitrogen and oxygen atoms in total. The number of unbranched alkanes of at least 4 members (excludes halogenated alkanes) is 1. The summed E-state index contributed by atoms with van der Waals surface area (Å²) in [6.07, 6.45) is 6.92. The predicted octanol–water partition coefficient (Wildman–Crippen LogP) is 6.94. The fourth-order valence-electron chi connectivity index (χ4n) is 1.28. The number of hydrogen-bond acceptors (Lipinski definition) is 0. The fourth-order valence-corrected chi connectivity index (χ4v) is 1.28. The molecule has 0 radical (unpaired) electrons. The number of hydrogen-bond donors (Lipinski definition) is 0. The van der Waals surface area contributed by atoms with E-state index in [2.05, 4.69) is 48.5 Å². The zero-order chi connectivity index (χ0) is 14.3. The first kappa shape index (κ1) is 22.2. The van der Waals surface area contributed by atoms with E-state index in [0.29, 0.717) is 0 Å². The Hall–Kier alpha value is 0. The fraction of sp³-hybridized carbons (Fsp3) is 1.00. The van der Waals surface area contributed by atoms with Crippen LogP contribution in [0, 0.1) is 17.8 Å². The summed E-state index contributed by atoms with van der Waals surface area (Å²) >= 11 is 0. The van der Waals surface area contributed by atoms with Gasteiger partial charge in [-0.25, -0.2) is 0 Å². The summed E-state index contributed by atoms with van der Waals surface area (Å²) in [5, 5.41) is 0. The monoisotopic (exact) mass is 244 g/mol. The Balaban J connectivity index is -0.000000202. The molecule has 0 spiro atoms. The van der Waals surface area contributed by atoms with Gasteiger partial charge in [0.25, 0.3) is 0 Å². The second-order valence-electron chi connectivity index (χ2n) is 5.90. The maximum Gasteiger partial charge on any atom is -0.0471 e. The van der Waals surface area contributed by atoms with Crippen LogP contribution in [-0.4, -0.2) is 0 Å². The van der Waals surface area contributed by atoms with Gasteiger partial charge in [0, 0.05) is 0 Å². The van der Waals surface area contributed by atoms with Crippen LogP contribution in [0.5, 0.6) is 0 Å². The molecule has 0 saturated carbocycles. The van der Waals surface area contributed by atoms with Gasteiger partial charge in [-0.1, -0.05) is 94.4 Å². The predicted molar refractivity (Wildman–Crippen MR) is 84.6 cm³/mol. The largest absolute Gasteiger partial charge is 0.0683 e. The van der Waals surface area contributed by atoms with Crippen LogP contribution in [0.15, 0.2) is 0 Å². The molecule has 0 aromatic heterocycles. The Kier molecular flexibility index (Phi) is 24.0. The lowest BCUT2D eigenvalue weighted by molar-refractivity contribution is 0.476. The third kappa shape index (κ3) is 38.7. The van der Waals surface area contributed by atoms with E-state index in [4.69, 9.17) is 0 Å². The molecule has 0 N–H and O–H groups in total. The van der Waals surface area contributed by atoms with E-state index in [1.165, 1.54) is 32.1 Å². The Morgan fingerprint density at radius 3 is 1.00 bits per heavy atom. The normalized spacial score (nSPS) is 9.88. The Labute approximate surface area is 113 Å². The van der Waals surface area contributed by atoms with Crippen molar-refractivity contribution >= 4 is 0 Å². The van der Waals surface area contributed by atoms with Crippen LogP contribution in [0.4, 0.5) is 0 Å². The van der Waals surface area contributed by atoms with Crippen LogP contribution >= 0.6 is 0 Å². The first-order chi connectivity index (χ1) is 7.90. The summed E-state index contributed by atoms with van der Waals surface area (Å²) in [4.78, 5) is 0. The van der Waals surface area contributed by atoms with Crippen LogP contribution in [0.3, 0.4) is 0 Å². The average Bonchev–Trinajstić information content (AvgIpc) is 2.27.